The molecule has 0 aliphatic carbocycles. The minimum absolute atomic E-state index is 0.104. The van der Waals surface area contributed by atoms with E-state index in [1.807, 2.05) is 38.1 Å². The Morgan fingerprint density at radius 2 is 1.44 bits per heavy atom. The monoisotopic (exact) mass is 738 g/mol. The first kappa shape index (κ1) is 38.1. The molecule has 4 aromatic rings. The first-order valence-corrected chi connectivity index (χ1v) is 18.5. The molecule has 0 radical (unpaired) electrons. The van der Waals surface area contributed by atoms with Gasteiger partial charge in [0.25, 0.3) is 0 Å². The van der Waals surface area contributed by atoms with E-state index in [0.29, 0.717) is 31.9 Å². The number of amides is 4. The van der Waals surface area contributed by atoms with Gasteiger partial charge in [0.15, 0.2) is 0 Å². The highest BCUT2D eigenvalue weighted by molar-refractivity contribution is 5.87. The Morgan fingerprint density at radius 1 is 0.852 bits per heavy atom. The van der Waals surface area contributed by atoms with Crippen molar-refractivity contribution in [1.82, 2.24) is 40.4 Å². The highest BCUT2D eigenvalue weighted by Gasteiger charge is 2.37. The number of methoxy groups -OCH3 is 1. The zero-order valence-electron chi connectivity index (χ0n) is 31.8. The first-order valence-electron chi connectivity index (χ1n) is 18.5. The predicted octanol–water partition coefficient (Wildman–Crippen LogP) is 6.19. The van der Waals surface area contributed by atoms with Gasteiger partial charge >= 0.3 is 12.2 Å². The highest BCUT2D eigenvalue weighted by Crippen LogP contribution is 2.33. The van der Waals surface area contributed by atoms with Gasteiger partial charge in [-0.2, -0.15) is 0 Å². The molecule has 2 aromatic carbocycles. The summed E-state index contributed by atoms with van der Waals surface area (Å²) >= 11 is 0. The number of nitrogens with one attached hydrogen (secondary N) is 4. The number of piperidine rings is 1. The van der Waals surface area contributed by atoms with Gasteiger partial charge in [-0.15, -0.1) is 0 Å². The molecule has 4 N–H and O–H groups in total. The third-order valence-corrected chi connectivity index (χ3v) is 9.75. The molecule has 54 heavy (non-hydrogen) atoms. The van der Waals surface area contributed by atoms with E-state index in [0.717, 1.165) is 58.7 Å². The van der Waals surface area contributed by atoms with Crippen LogP contribution in [0, 0.1) is 5.92 Å². The second kappa shape index (κ2) is 16.1. The number of aromatic amines is 2. The van der Waals surface area contributed by atoms with E-state index in [1.54, 1.807) is 43.0 Å². The lowest BCUT2D eigenvalue weighted by Gasteiger charge is -2.32. The molecular weight excluding hydrogens is 688 g/mol. The minimum atomic E-state index is -0.687. The number of carbonyl (C=O) groups is 4. The fourth-order valence-corrected chi connectivity index (χ4v) is 6.98. The van der Waals surface area contributed by atoms with Crippen LogP contribution >= 0.6 is 0 Å². The summed E-state index contributed by atoms with van der Waals surface area (Å²) in [4.78, 5) is 70.3. The van der Waals surface area contributed by atoms with Crippen LogP contribution in [0.2, 0.25) is 0 Å². The second-order valence-electron chi connectivity index (χ2n) is 15.2. The Hall–Kier alpha value is -5.66. The minimum Gasteiger partial charge on any atom is -0.453 e. The SMILES string of the molecule is COC(=O)NC(C(=O)N1CCC[C@@H]1c1ncc(-c2ccc(-c3ccc(-c4cnc(CN5CCCC(NC(=O)OC(C)(C)C)C5=O)[nH]4)cc3)cc2)[nH]1)C(C)C. The van der Waals surface area contributed by atoms with E-state index in [4.69, 9.17) is 9.47 Å². The molecule has 14 heteroatoms. The molecule has 0 saturated carbocycles. The molecule has 14 nitrogen and oxygen atoms in total. The van der Waals surface area contributed by atoms with Gasteiger partial charge in [-0.1, -0.05) is 62.4 Å². The summed E-state index contributed by atoms with van der Waals surface area (Å²) in [5.41, 5.74) is 5.11. The summed E-state index contributed by atoms with van der Waals surface area (Å²) in [5.74, 6) is 0.998. The third kappa shape index (κ3) is 8.92. The lowest BCUT2D eigenvalue weighted by molar-refractivity contribution is -0.137. The molecule has 2 aliphatic rings. The van der Waals surface area contributed by atoms with Gasteiger partial charge in [-0.3, -0.25) is 9.59 Å². The molecule has 0 bridgehead atoms. The van der Waals surface area contributed by atoms with E-state index in [2.05, 4.69) is 54.8 Å². The van der Waals surface area contributed by atoms with Crippen LogP contribution < -0.4 is 10.6 Å². The summed E-state index contributed by atoms with van der Waals surface area (Å²) in [5, 5.41) is 5.41. The molecule has 6 rings (SSSR count). The van der Waals surface area contributed by atoms with Gasteiger partial charge in [0.1, 0.15) is 29.3 Å². The van der Waals surface area contributed by atoms with Crippen molar-refractivity contribution in [1.29, 1.82) is 0 Å². The van der Waals surface area contributed by atoms with Crippen LogP contribution in [-0.2, 0) is 25.6 Å². The second-order valence-corrected chi connectivity index (χ2v) is 15.2. The summed E-state index contributed by atoms with van der Waals surface area (Å²) in [6.45, 7) is 10.7. The summed E-state index contributed by atoms with van der Waals surface area (Å²) in [7, 11) is 1.29. The maximum absolute atomic E-state index is 13.5. The van der Waals surface area contributed by atoms with Crippen molar-refractivity contribution in [3.63, 3.8) is 0 Å². The topological polar surface area (TPSA) is 175 Å². The summed E-state index contributed by atoms with van der Waals surface area (Å²) < 4.78 is 10.1. The lowest BCUT2D eigenvalue weighted by atomic mass is 10.0. The molecule has 4 amide bonds. The van der Waals surface area contributed by atoms with E-state index in [-0.39, 0.29) is 23.8 Å². The van der Waals surface area contributed by atoms with Gasteiger partial charge in [-0.25, -0.2) is 19.6 Å². The third-order valence-electron chi connectivity index (χ3n) is 9.75. The molecule has 4 heterocycles. The molecule has 0 spiro atoms. The molecule has 2 saturated heterocycles. The van der Waals surface area contributed by atoms with Gasteiger partial charge in [0.2, 0.25) is 11.8 Å². The van der Waals surface area contributed by atoms with Gasteiger partial charge in [-0.05, 0) is 74.6 Å². The van der Waals surface area contributed by atoms with Crippen LogP contribution in [0.25, 0.3) is 33.6 Å². The quantitative estimate of drug-likeness (QED) is 0.149. The number of alkyl carbamates (subject to hydrolysis) is 2. The number of aromatic nitrogens is 4. The molecule has 2 aliphatic heterocycles. The van der Waals surface area contributed by atoms with Crippen LogP contribution in [0.5, 0.6) is 0 Å². The number of carbonyl (C=O) groups excluding carboxylic acids is 4. The Kier molecular flexibility index (Phi) is 11.4. The van der Waals surface area contributed by atoms with Crippen molar-refractivity contribution in [3.8, 4) is 33.6 Å². The standard InChI is InChI=1S/C40H50N8O6/c1-24(2)34(46-38(51)53-6)37(50)48-20-8-10-32(48)35-42-22-31(44-35)28-17-13-26(14-18-28)25-11-15-27(16-12-25)30-21-41-33(43-30)23-47-19-7-9-29(36(47)49)45-39(52)54-40(3,4)5/h11-18,21-22,24,29,32,34H,7-10,19-20,23H2,1-6H3,(H,41,43)(H,42,44)(H,45,52)(H,46,51)/t29?,32-,34?/m1/s1. The normalized spacial score (nSPS) is 18.1. The number of H-pyrrole nitrogens is 2. The molecule has 286 valence electrons. The number of benzene rings is 2. The zero-order chi connectivity index (χ0) is 38.6. The number of ether oxygens (including phenoxy) is 2. The Balaban J connectivity index is 1.06. The average Bonchev–Trinajstić information content (AvgIpc) is 3.93. The molecule has 2 fully saturated rings. The Labute approximate surface area is 315 Å². The fourth-order valence-electron chi connectivity index (χ4n) is 6.98. The molecule has 2 aromatic heterocycles. The van der Waals surface area contributed by atoms with Gasteiger partial charge in [0.05, 0.1) is 43.5 Å². The van der Waals surface area contributed by atoms with Crippen molar-refractivity contribution >= 4 is 24.0 Å². The zero-order valence-corrected chi connectivity index (χ0v) is 31.8. The van der Waals surface area contributed by atoms with Crippen molar-refractivity contribution in [3.05, 3.63) is 72.6 Å². The summed E-state index contributed by atoms with van der Waals surface area (Å²) in [6, 6.07) is 14.9. The van der Waals surface area contributed by atoms with E-state index in [1.165, 1.54) is 7.11 Å². The fraction of sp³-hybridized carbons (Fsp3) is 0.450. The van der Waals surface area contributed by atoms with Crippen LogP contribution in [0.15, 0.2) is 60.9 Å². The number of hydrogen-bond donors (Lipinski definition) is 4. The number of rotatable bonds is 10. The predicted molar refractivity (Wildman–Crippen MR) is 203 cm³/mol. The van der Waals surface area contributed by atoms with Crippen LogP contribution in [0.4, 0.5) is 9.59 Å². The van der Waals surface area contributed by atoms with Crippen LogP contribution in [0.3, 0.4) is 0 Å². The summed E-state index contributed by atoms with van der Waals surface area (Å²) in [6.07, 6.45) is 5.32. The number of hydrogen-bond acceptors (Lipinski definition) is 8. The van der Waals surface area contributed by atoms with Crippen molar-refractivity contribution in [2.24, 2.45) is 5.92 Å². The number of imidazole rings is 2. The van der Waals surface area contributed by atoms with Gasteiger partial charge in [0, 0.05) is 13.1 Å². The van der Waals surface area contributed by atoms with Gasteiger partial charge < -0.3 is 39.9 Å². The van der Waals surface area contributed by atoms with Crippen LogP contribution in [0.1, 0.15) is 78.0 Å². The smallest absolute Gasteiger partial charge is 0.408 e. The van der Waals surface area contributed by atoms with Crippen LogP contribution in [-0.4, -0.2) is 91.6 Å². The van der Waals surface area contributed by atoms with E-state index < -0.39 is 29.9 Å². The maximum atomic E-state index is 13.5. The highest BCUT2D eigenvalue weighted by atomic mass is 16.6. The average molecular weight is 739 g/mol. The number of likely N-dealkylation sites (tertiary alicyclic amines) is 2. The lowest BCUT2D eigenvalue weighted by Crippen LogP contribution is -2.52. The Bertz CT molecular complexity index is 1950. The first-order chi connectivity index (χ1) is 25.8. The van der Waals surface area contributed by atoms with Crippen molar-refractivity contribution in [2.75, 3.05) is 20.2 Å². The molecule has 3 atom stereocenters. The van der Waals surface area contributed by atoms with E-state index >= 15 is 0 Å². The van der Waals surface area contributed by atoms with Crippen molar-refractivity contribution in [2.45, 2.75) is 90.6 Å². The molecule has 2 unspecified atom stereocenters. The van der Waals surface area contributed by atoms with Crippen molar-refractivity contribution < 1.29 is 28.7 Å². The largest absolute Gasteiger partial charge is 0.453 e. The Morgan fingerprint density at radius 3 is 2.06 bits per heavy atom. The molecular formula is C40H50N8O6. The van der Waals surface area contributed by atoms with E-state index in [9.17, 15) is 19.2 Å². The maximum Gasteiger partial charge on any atom is 0.408 e. The number of nitrogens with zero attached hydrogens (tertiary/aromatic N) is 4.